The van der Waals surface area contributed by atoms with E-state index in [1.54, 1.807) is 6.07 Å². The Morgan fingerprint density at radius 3 is 2.53 bits per heavy atom. The molecule has 0 spiro atoms. The summed E-state index contributed by atoms with van der Waals surface area (Å²) in [5.41, 5.74) is 2.08. The summed E-state index contributed by atoms with van der Waals surface area (Å²) in [5, 5.41) is 3.20. The van der Waals surface area contributed by atoms with Gasteiger partial charge >= 0.3 is 0 Å². The summed E-state index contributed by atoms with van der Waals surface area (Å²) < 4.78 is 14.0. The van der Waals surface area contributed by atoms with Crippen LogP contribution in [0.15, 0.2) is 53.0 Å². The average molecular weight is 294 g/mol. The van der Waals surface area contributed by atoms with Crippen LogP contribution >= 0.6 is 15.9 Å². The molecule has 2 aromatic carbocycles. The maximum Gasteiger partial charge on any atom is 0.125 e. The molecule has 88 valence electrons. The largest absolute Gasteiger partial charge is 0.385 e. The highest BCUT2D eigenvalue weighted by atomic mass is 79.9. The quantitative estimate of drug-likeness (QED) is 0.889. The molecule has 0 aromatic heterocycles. The zero-order valence-electron chi connectivity index (χ0n) is 9.29. The maximum atomic E-state index is 12.9. The van der Waals surface area contributed by atoms with Crippen molar-refractivity contribution < 1.29 is 4.39 Å². The minimum absolute atomic E-state index is 0.210. The fraction of sp³-hybridized carbons (Fsp3) is 0.143. The van der Waals surface area contributed by atoms with E-state index in [9.17, 15) is 4.39 Å². The topological polar surface area (TPSA) is 12.0 Å². The van der Waals surface area contributed by atoms with Crippen molar-refractivity contribution in [2.45, 2.75) is 6.42 Å². The van der Waals surface area contributed by atoms with Crippen LogP contribution in [-0.2, 0) is 6.42 Å². The number of benzene rings is 2. The molecule has 1 N–H and O–H groups in total. The number of hydrogen-bond donors (Lipinski definition) is 1. The van der Waals surface area contributed by atoms with E-state index in [-0.39, 0.29) is 5.82 Å². The van der Waals surface area contributed by atoms with Crippen molar-refractivity contribution in [3.8, 4) is 0 Å². The van der Waals surface area contributed by atoms with Gasteiger partial charge in [-0.15, -0.1) is 0 Å². The van der Waals surface area contributed by atoms with Gasteiger partial charge in [0.15, 0.2) is 0 Å². The number of halogens is 2. The van der Waals surface area contributed by atoms with Crippen LogP contribution in [0.25, 0.3) is 0 Å². The molecule has 0 atom stereocenters. The molecule has 0 fully saturated rings. The molecule has 0 amide bonds. The molecule has 3 heteroatoms. The molecular weight excluding hydrogens is 281 g/mol. The van der Waals surface area contributed by atoms with Crippen LogP contribution < -0.4 is 5.32 Å². The summed E-state index contributed by atoms with van der Waals surface area (Å²) in [6.07, 6.45) is 0.920. The molecule has 0 aliphatic heterocycles. The number of rotatable bonds is 4. The number of hydrogen-bond acceptors (Lipinski definition) is 1. The van der Waals surface area contributed by atoms with E-state index in [1.807, 2.05) is 18.2 Å². The van der Waals surface area contributed by atoms with Gasteiger partial charge in [0, 0.05) is 16.7 Å². The highest BCUT2D eigenvalue weighted by Gasteiger charge is 1.96. The summed E-state index contributed by atoms with van der Waals surface area (Å²) in [6, 6.07) is 14.7. The Hall–Kier alpha value is -1.35. The standard InChI is InChI=1S/C14H13BrFN/c15-12-6-4-11(5-7-12)8-9-17-14-3-1-2-13(16)10-14/h1-7,10,17H,8-9H2. The van der Waals surface area contributed by atoms with Crippen molar-refractivity contribution in [1.82, 2.24) is 0 Å². The van der Waals surface area contributed by atoms with Crippen LogP contribution in [0.1, 0.15) is 5.56 Å². The van der Waals surface area contributed by atoms with Crippen LogP contribution in [0.4, 0.5) is 10.1 Å². The zero-order valence-corrected chi connectivity index (χ0v) is 10.9. The van der Waals surface area contributed by atoms with Crippen molar-refractivity contribution in [3.63, 3.8) is 0 Å². The maximum absolute atomic E-state index is 12.9. The molecule has 0 radical (unpaired) electrons. The lowest BCUT2D eigenvalue weighted by Crippen LogP contribution is -2.04. The second kappa shape index (κ2) is 5.82. The number of nitrogens with one attached hydrogen (secondary N) is 1. The summed E-state index contributed by atoms with van der Waals surface area (Å²) >= 11 is 3.40. The number of anilines is 1. The van der Waals surface area contributed by atoms with Gasteiger partial charge in [0.2, 0.25) is 0 Å². The Bertz CT molecular complexity index is 482. The van der Waals surface area contributed by atoms with E-state index in [0.717, 1.165) is 23.1 Å². The SMILES string of the molecule is Fc1cccc(NCCc2ccc(Br)cc2)c1. The molecule has 0 bridgehead atoms. The average Bonchev–Trinajstić information content (AvgIpc) is 2.32. The Balaban J connectivity index is 1.85. The van der Waals surface area contributed by atoms with Gasteiger partial charge in [-0.1, -0.05) is 34.1 Å². The minimum atomic E-state index is -0.210. The summed E-state index contributed by atoms with van der Waals surface area (Å²) in [4.78, 5) is 0. The van der Waals surface area contributed by atoms with Crippen LogP contribution in [0.5, 0.6) is 0 Å². The molecule has 2 aromatic rings. The lowest BCUT2D eigenvalue weighted by Gasteiger charge is -2.06. The third-order valence-electron chi connectivity index (χ3n) is 2.48. The lowest BCUT2D eigenvalue weighted by molar-refractivity contribution is 0.628. The van der Waals surface area contributed by atoms with E-state index in [4.69, 9.17) is 0 Å². The summed E-state index contributed by atoms with van der Waals surface area (Å²) in [6.45, 7) is 0.797. The minimum Gasteiger partial charge on any atom is -0.385 e. The first-order valence-electron chi connectivity index (χ1n) is 5.48. The monoisotopic (exact) mass is 293 g/mol. The predicted molar refractivity (Wildman–Crippen MR) is 72.7 cm³/mol. The molecule has 2 rings (SSSR count). The van der Waals surface area contributed by atoms with Gasteiger partial charge < -0.3 is 5.32 Å². The van der Waals surface area contributed by atoms with Crippen molar-refractivity contribution in [1.29, 1.82) is 0 Å². The van der Waals surface area contributed by atoms with Gasteiger partial charge in [-0.05, 0) is 42.3 Å². The second-order valence-electron chi connectivity index (χ2n) is 3.81. The molecule has 1 nitrogen and oxygen atoms in total. The fourth-order valence-corrected chi connectivity index (χ4v) is 1.87. The van der Waals surface area contributed by atoms with Gasteiger partial charge in [0.25, 0.3) is 0 Å². The third-order valence-corrected chi connectivity index (χ3v) is 3.01. The first-order valence-corrected chi connectivity index (χ1v) is 6.27. The lowest BCUT2D eigenvalue weighted by atomic mass is 10.1. The van der Waals surface area contributed by atoms with E-state index in [2.05, 4.69) is 33.4 Å². The normalized spacial score (nSPS) is 10.2. The molecule has 0 aliphatic rings. The van der Waals surface area contributed by atoms with Crippen molar-refractivity contribution >= 4 is 21.6 Å². The smallest absolute Gasteiger partial charge is 0.125 e. The first kappa shape index (κ1) is 12.1. The second-order valence-corrected chi connectivity index (χ2v) is 4.73. The van der Waals surface area contributed by atoms with Crippen LogP contribution in [0.2, 0.25) is 0 Å². The molecule has 0 heterocycles. The fourth-order valence-electron chi connectivity index (χ4n) is 1.60. The Morgan fingerprint density at radius 1 is 1.06 bits per heavy atom. The van der Waals surface area contributed by atoms with Gasteiger partial charge in [-0.2, -0.15) is 0 Å². The van der Waals surface area contributed by atoms with E-state index < -0.39 is 0 Å². The predicted octanol–water partition coefficient (Wildman–Crippen LogP) is 4.24. The van der Waals surface area contributed by atoms with Crippen LogP contribution in [0.3, 0.4) is 0 Å². The van der Waals surface area contributed by atoms with E-state index in [0.29, 0.717) is 0 Å². The zero-order chi connectivity index (χ0) is 12.1. The van der Waals surface area contributed by atoms with E-state index in [1.165, 1.54) is 17.7 Å². The van der Waals surface area contributed by atoms with Gasteiger partial charge in [0.1, 0.15) is 5.82 Å². The highest BCUT2D eigenvalue weighted by molar-refractivity contribution is 9.10. The van der Waals surface area contributed by atoms with Gasteiger partial charge in [0.05, 0.1) is 0 Å². The van der Waals surface area contributed by atoms with E-state index >= 15 is 0 Å². The van der Waals surface area contributed by atoms with Gasteiger partial charge in [-0.3, -0.25) is 0 Å². The van der Waals surface area contributed by atoms with Crippen molar-refractivity contribution in [2.75, 3.05) is 11.9 Å². The first-order chi connectivity index (χ1) is 8.24. The Labute approximate surface area is 109 Å². The van der Waals surface area contributed by atoms with Crippen LogP contribution in [0, 0.1) is 5.82 Å². The van der Waals surface area contributed by atoms with Crippen molar-refractivity contribution in [3.05, 3.63) is 64.4 Å². The molecule has 0 unspecified atom stereocenters. The van der Waals surface area contributed by atoms with Crippen molar-refractivity contribution in [2.24, 2.45) is 0 Å². The van der Waals surface area contributed by atoms with Crippen LogP contribution in [-0.4, -0.2) is 6.54 Å². The summed E-state index contributed by atoms with van der Waals surface area (Å²) in [5.74, 6) is -0.210. The third kappa shape index (κ3) is 3.86. The summed E-state index contributed by atoms with van der Waals surface area (Å²) in [7, 11) is 0. The Kier molecular flexibility index (Phi) is 4.15. The van der Waals surface area contributed by atoms with Gasteiger partial charge in [-0.25, -0.2) is 4.39 Å². The molecule has 0 saturated heterocycles. The molecular formula is C14H13BrFN. The highest BCUT2D eigenvalue weighted by Crippen LogP contribution is 2.12. The molecule has 0 saturated carbocycles. The molecule has 17 heavy (non-hydrogen) atoms. The Morgan fingerprint density at radius 2 is 1.82 bits per heavy atom. The molecule has 0 aliphatic carbocycles.